The summed E-state index contributed by atoms with van der Waals surface area (Å²) >= 11 is 0. The Morgan fingerprint density at radius 2 is 2.12 bits per heavy atom. The number of aromatic nitrogens is 2. The quantitative estimate of drug-likeness (QED) is 0.616. The molecule has 17 heavy (non-hydrogen) atoms. The molecular weight excluding hydrogens is 208 g/mol. The molecule has 0 fully saturated rings. The standard InChI is InChI=1S/C15H13N2/c1-11-5-6-12-9-15(17(2)14(12)8-11)13-4-3-7-16-10-13/h4-10H,1-2H3. The third-order valence-electron chi connectivity index (χ3n) is 3.10. The highest BCUT2D eigenvalue weighted by molar-refractivity contribution is 5.87. The van der Waals surface area contributed by atoms with Crippen molar-refractivity contribution in [2.45, 2.75) is 6.92 Å². The summed E-state index contributed by atoms with van der Waals surface area (Å²) in [7, 11) is 2.09. The lowest BCUT2D eigenvalue weighted by Gasteiger charge is -2.03. The van der Waals surface area contributed by atoms with Crippen molar-refractivity contribution in [1.82, 2.24) is 9.55 Å². The van der Waals surface area contributed by atoms with E-state index >= 15 is 0 Å². The predicted molar refractivity (Wildman–Crippen MR) is 69.7 cm³/mol. The van der Waals surface area contributed by atoms with E-state index in [1.54, 1.807) is 6.20 Å². The van der Waals surface area contributed by atoms with Crippen LogP contribution in [0.5, 0.6) is 0 Å². The van der Waals surface area contributed by atoms with Crippen LogP contribution in [0.1, 0.15) is 5.56 Å². The molecule has 0 amide bonds. The van der Waals surface area contributed by atoms with Gasteiger partial charge >= 0.3 is 0 Å². The van der Waals surface area contributed by atoms with Gasteiger partial charge in [0.15, 0.2) is 0 Å². The summed E-state index contributed by atoms with van der Waals surface area (Å²) in [5.74, 6) is 0. The fourth-order valence-electron chi connectivity index (χ4n) is 2.18. The minimum atomic E-state index is 1.10. The molecule has 0 spiro atoms. The Morgan fingerprint density at radius 1 is 1.24 bits per heavy atom. The van der Waals surface area contributed by atoms with E-state index in [1.165, 1.54) is 22.2 Å². The second kappa shape index (κ2) is 3.74. The van der Waals surface area contributed by atoms with Crippen molar-refractivity contribution in [2.24, 2.45) is 7.05 Å². The van der Waals surface area contributed by atoms with E-state index in [9.17, 15) is 0 Å². The zero-order valence-corrected chi connectivity index (χ0v) is 9.94. The lowest BCUT2D eigenvalue weighted by Crippen LogP contribution is -1.91. The average molecular weight is 221 g/mol. The number of fused-ring (bicyclic) bond motifs is 1. The summed E-state index contributed by atoms with van der Waals surface area (Å²) in [5.41, 5.74) is 4.81. The largest absolute Gasteiger partial charge is 0.344 e. The van der Waals surface area contributed by atoms with E-state index in [-0.39, 0.29) is 0 Å². The predicted octanol–water partition coefficient (Wildman–Crippen LogP) is 3.35. The summed E-state index contributed by atoms with van der Waals surface area (Å²) in [4.78, 5) is 4.12. The molecule has 1 aromatic carbocycles. The number of hydrogen-bond donors (Lipinski definition) is 0. The molecule has 83 valence electrons. The van der Waals surface area contributed by atoms with Gasteiger partial charge < -0.3 is 4.57 Å². The smallest absolute Gasteiger partial charge is 0.0504 e. The first-order chi connectivity index (χ1) is 8.25. The molecule has 0 aliphatic carbocycles. The van der Waals surface area contributed by atoms with Crippen molar-refractivity contribution >= 4 is 10.9 Å². The second-order valence-corrected chi connectivity index (χ2v) is 4.32. The van der Waals surface area contributed by atoms with Gasteiger partial charge in [-0.2, -0.15) is 0 Å². The molecule has 3 rings (SSSR count). The zero-order valence-electron chi connectivity index (χ0n) is 9.94. The maximum absolute atomic E-state index is 4.12. The van der Waals surface area contributed by atoms with Crippen molar-refractivity contribution in [1.29, 1.82) is 0 Å². The summed E-state index contributed by atoms with van der Waals surface area (Å²) in [5, 5.41) is 1.26. The van der Waals surface area contributed by atoms with Crippen LogP contribution in [0.25, 0.3) is 22.2 Å². The fourth-order valence-corrected chi connectivity index (χ4v) is 2.18. The van der Waals surface area contributed by atoms with Gasteiger partial charge in [-0.05, 0) is 30.7 Å². The van der Waals surface area contributed by atoms with Gasteiger partial charge in [-0.25, -0.2) is 0 Å². The molecule has 0 aliphatic heterocycles. The van der Waals surface area contributed by atoms with Gasteiger partial charge in [-0.15, -0.1) is 0 Å². The van der Waals surface area contributed by atoms with E-state index in [1.807, 2.05) is 12.3 Å². The molecule has 0 saturated carbocycles. The number of benzene rings is 1. The third kappa shape index (κ3) is 1.62. The zero-order chi connectivity index (χ0) is 11.8. The Labute approximate surface area is 101 Å². The third-order valence-corrected chi connectivity index (χ3v) is 3.10. The molecular formula is C15H13N2. The van der Waals surface area contributed by atoms with E-state index in [4.69, 9.17) is 0 Å². The van der Waals surface area contributed by atoms with Crippen LogP contribution >= 0.6 is 0 Å². The summed E-state index contributed by atoms with van der Waals surface area (Å²) in [6.45, 7) is 2.12. The molecule has 0 atom stereocenters. The molecule has 0 unspecified atom stereocenters. The Balaban J connectivity index is 2.28. The first-order valence-corrected chi connectivity index (χ1v) is 5.63. The van der Waals surface area contributed by atoms with Crippen LogP contribution in [0.3, 0.4) is 0 Å². The van der Waals surface area contributed by atoms with Gasteiger partial charge in [-0.1, -0.05) is 12.1 Å². The number of aryl methyl sites for hydroxylation is 2. The van der Waals surface area contributed by atoms with Crippen molar-refractivity contribution in [3.8, 4) is 11.3 Å². The van der Waals surface area contributed by atoms with E-state index in [0.29, 0.717) is 0 Å². The lowest BCUT2D eigenvalue weighted by molar-refractivity contribution is 0.976. The van der Waals surface area contributed by atoms with Gasteiger partial charge in [0, 0.05) is 42.0 Å². The summed E-state index contributed by atoms with van der Waals surface area (Å²) in [6.07, 6.45) is 3.55. The van der Waals surface area contributed by atoms with Crippen molar-refractivity contribution in [2.75, 3.05) is 0 Å². The van der Waals surface area contributed by atoms with Gasteiger partial charge in [-0.3, -0.25) is 4.98 Å². The first-order valence-electron chi connectivity index (χ1n) is 5.63. The van der Waals surface area contributed by atoms with Gasteiger partial charge in [0.2, 0.25) is 0 Å². The average Bonchev–Trinajstić information content (AvgIpc) is 2.68. The highest BCUT2D eigenvalue weighted by atomic mass is 14.9. The molecule has 0 bridgehead atoms. The number of hydrogen-bond acceptors (Lipinski definition) is 1. The molecule has 2 aromatic heterocycles. The molecule has 2 heteroatoms. The fraction of sp³-hybridized carbons (Fsp3) is 0.133. The van der Waals surface area contributed by atoms with Gasteiger partial charge in [0.25, 0.3) is 0 Å². The van der Waals surface area contributed by atoms with E-state index in [0.717, 1.165) is 5.56 Å². The van der Waals surface area contributed by atoms with Crippen LogP contribution in [0.2, 0.25) is 0 Å². The Kier molecular flexibility index (Phi) is 2.22. The number of nitrogens with zero attached hydrogens (tertiary/aromatic N) is 2. The van der Waals surface area contributed by atoms with Crippen LogP contribution in [0, 0.1) is 13.0 Å². The minimum absolute atomic E-state index is 1.10. The van der Waals surface area contributed by atoms with Crippen LogP contribution in [-0.4, -0.2) is 9.55 Å². The monoisotopic (exact) mass is 221 g/mol. The summed E-state index contributed by atoms with van der Waals surface area (Å²) < 4.78 is 2.20. The number of pyridine rings is 1. The van der Waals surface area contributed by atoms with Crippen molar-refractivity contribution in [3.05, 3.63) is 54.4 Å². The molecule has 3 aromatic rings. The highest BCUT2D eigenvalue weighted by Crippen LogP contribution is 2.26. The molecule has 0 aliphatic rings. The van der Waals surface area contributed by atoms with Crippen LogP contribution in [0.15, 0.2) is 42.7 Å². The molecule has 1 radical (unpaired) electrons. The Morgan fingerprint density at radius 3 is 2.88 bits per heavy atom. The lowest BCUT2D eigenvalue weighted by atomic mass is 10.1. The molecule has 0 N–H and O–H groups in total. The minimum Gasteiger partial charge on any atom is -0.344 e. The maximum atomic E-state index is 4.12. The highest BCUT2D eigenvalue weighted by Gasteiger charge is 2.07. The summed E-state index contributed by atoms with van der Waals surface area (Å²) in [6, 6.07) is 13.7. The van der Waals surface area contributed by atoms with Crippen LogP contribution in [-0.2, 0) is 7.05 Å². The Bertz CT molecular complexity index is 666. The van der Waals surface area contributed by atoms with Gasteiger partial charge in [0.05, 0.1) is 5.69 Å². The number of rotatable bonds is 1. The topological polar surface area (TPSA) is 17.8 Å². The Hall–Kier alpha value is -2.09. The normalized spacial score (nSPS) is 10.9. The molecule has 0 saturated heterocycles. The van der Waals surface area contributed by atoms with Crippen LogP contribution in [0.4, 0.5) is 0 Å². The first kappa shape index (κ1) is 10.1. The van der Waals surface area contributed by atoms with Gasteiger partial charge in [0.1, 0.15) is 0 Å². The van der Waals surface area contributed by atoms with Crippen molar-refractivity contribution < 1.29 is 0 Å². The van der Waals surface area contributed by atoms with E-state index < -0.39 is 0 Å². The molecule has 2 heterocycles. The van der Waals surface area contributed by atoms with Crippen molar-refractivity contribution in [3.63, 3.8) is 0 Å². The second-order valence-electron chi connectivity index (χ2n) is 4.32. The molecule has 2 nitrogen and oxygen atoms in total. The van der Waals surface area contributed by atoms with Crippen LogP contribution < -0.4 is 0 Å². The SMILES string of the molecule is Cc1ccc2cc(-c3c[c]cnc3)n(C)c2c1. The maximum Gasteiger partial charge on any atom is 0.0504 e. The van der Waals surface area contributed by atoms with E-state index in [2.05, 4.69) is 53.9 Å².